The van der Waals surface area contributed by atoms with Crippen LogP contribution in [0.1, 0.15) is 15.9 Å². The quantitative estimate of drug-likeness (QED) is 0.193. The fourth-order valence-electron chi connectivity index (χ4n) is 4.75. The molecule has 11 nitrogen and oxygen atoms in total. The predicted octanol–water partition coefficient (Wildman–Crippen LogP) is 6.04. The number of pyridine rings is 4. The number of nitrogens with one attached hydrogen (secondary N) is 2. The first-order valence-electron chi connectivity index (χ1n) is 13.9. The molecule has 0 spiro atoms. The van der Waals surface area contributed by atoms with E-state index < -0.39 is 11.5 Å². The predicted molar refractivity (Wildman–Crippen MR) is 171 cm³/mol. The molecule has 0 bridgehead atoms. The maximum Gasteiger partial charge on any atom is 0.265 e. The second kappa shape index (κ2) is 13.0. The van der Waals surface area contributed by atoms with Crippen LogP contribution < -0.4 is 30.4 Å². The van der Waals surface area contributed by atoms with Crippen molar-refractivity contribution < 1.29 is 19.0 Å². The summed E-state index contributed by atoms with van der Waals surface area (Å²) >= 11 is 0. The number of hydrogen-bond acceptors (Lipinski definition) is 9. The van der Waals surface area contributed by atoms with Crippen LogP contribution in [0.2, 0.25) is 0 Å². The van der Waals surface area contributed by atoms with E-state index in [9.17, 15) is 9.59 Å². The smallest absolute Gasteiger partial charge is 0.265 e. The second-order valence-corrected chi connectivity index (χ2v) is 9.85. The van der Waals surface area contributed by atoms with Crippen molar-refractivity contribution in [3.8, 4) is 23.0 Å². The molecule has 0 aliphatic carbocycles. The highest BCUT2D eigenvalue weighted by Gasteiger charge is 2.20. The minimum absolute atomic E-state index is 0.0556. The van der Waals surface area contributed by atoms with Crippen LogP contribution in [0, 0.1) is 0 Å². The Morgan fingerprint density at radius 3 is 2.36 bits per heavy atom. The third-order valence-corrected chi connectivity index (χ3v) is 6.96. The third-order valence-electron chi connectivity index (χ3n) is 6.96. The summed E-state index contributed by atoms with van der Waals surface area (Å²) in [5.74, 6) is 1.70. The van der Waals surface area contributed by atoms with Crippen LogP contribution in [0.15, 0.2) is 115 Å². The third kappa shape index (κ3) is 6.42. The van der Waals surface area contributed by atoms with Crippen LogP contribution >= 0.6 is 0 Å². The van der Waals surface area contributed by atoms with Gasteiger partial charge in [-0.05, 0) is 48.0 Å². The maximum atomic E-state index is 13.7. The number of methoxy groups -OCH3 is 2. The molecular weight excluding hydrogens is 572 g/mol. The van der Waals surface area contributed by atoms with Crippen molar-refractivity contribution >= 4 is 34.0 Å². The standard InChI is InChI=1S/C34H28N6O5/c1-43-29-18-25-27(19-30(29)44-2)36-16-12-28(25)45-24-8-9-31(37-20-24)39-33(41)32-26(38-23-10-14-35-15-11-23)13-17-40(34(32)42)21-22-6-4-3-5-7-22/h3-20H,21H2,1-2H3,(H,35,38)(H,37,39,41). The summed E-state index contributed by atoms with van der Waals surface area (Å²) < 4.78 is 18.4. The van der Waals surface area contributed by atoms with E-state index in [2.05, 4.69) is 25.6 Å². The number of aromatic nitrogens is 4. The van der Waals surface area contributed by atoms with Crippen LogP contribution in [-0.4, -0.2) is 39.6 Å². The van der Waals surface area contributed by atoms with Crippen molar-refractivity contribution in [3.05, 3.63) is 131 Å². The molecule has 11 heteroatoms. The number of fused-ring (bicyclic) bond motifs is 1. The zero-order chi connectivity index (χ0) is 31.2. The number of carbonyl (C=O) groups excluding carboxylic acids is 1. The van der Waals surface area contributed by atoms with Crippen molar-refractivity contribution in [1.29, 1.82) is 0 Å². The van der Waals surface area contributed by atoms with Gasteiger partial charge in [-0.1, -0.05) is 30.3 Å². The van der Waals surface area contributed by atoms with Gasteiger partial charge in [-0.25, -0.2) is 4.98 Å². The van der Waals surface area contributed by atoms with Crippen molar-refractivity contribution in [3.63, 3.8) is 0 Å². The number of nitrogens with zero attached hydrogens (tertiary/aromatic N) is 4. The summed E-state index contributed by atoms with van der Waals surface area (Å²) in [5.41, 5.74) is 2.12. The molecule has 4 aromatic heterocycles. The molecule has 6 rings (SSSR count). The summed E-state index contributed by atoms with van der Waals surface area (Å²) in [6.07, 6.45) is 8.02. The summed E-state index contributed by atoms with van der Waals surface area (Å²) in [6, 6.07) is 23.3. The van der Waals surface area contributed by atoms with Crippen molar-refractivity contribution in [2.24, 2.45) is 0 Å². The zero-order valence-electron chi connectivity index (χ0n) is 24.4. The number of hydrogen-bond donors (Lipinski definition) is 2. The minimum Gasteiger partial charge on any atom is -0.493 e. The topological polar surface area (TPSA) is 129 Å². The van der Waals surface area contributed by atoms with E-state index in [0.29, 0.717) is 46.4 Å². The minimum atomic E-state index is -0.610. The lowest BCUT2D eigenvalue weighted by Gasteiger charge is -2.15. The zero-order valence-corrected chi connectivity index (χ0v) is 24.4. The number of rotatable bonds is 10. The number of ether oxygens (including phenoxy) is 3. The van der Waals surface area contributed by atoms with Gasteiger partial charge in [0.2, 0.25) is 0 Å². The molecule has 0 fully saturated rings. The Balaban J connectivity index is 1.25. The first kappa shape index (κ1) is 28.9. The monoisotopic (exact) mass is 600 g/mol. The molecule has 4 heterocycles. The van der Waals surface area contributed by atoms with E-state index in [-0.39, 0.29) is 11.4 Å². The van der Waals surface area contributed by atoms with Gasteiger partial charge in [-0.15, -0.1) is 0 Å². The molecule has 6 aromatic rings. The van der Waals surface area contributed by atoms with E-state index in [1.807, 2.05) is 30.3 Å². The van der Waals surface area contributed by atoms with Crippen molar-refractivity contribution in [1.82, 2.24) is 19.5 Å². The Labute approximate surface area is 258 Å². The van der Waals surface area contributed by atoms with Crippen LogP contribution in [0.25, 0.3) is 10.9 Å². The fourth-order valence-corrected chi connectivity index (χ4v) is 4.75. The lowest BCUT2D eigenvalue weighted by atomic mass is 10.1. The number of carbonyl (C=O) groups is 1. The van der Waals surface area contributed by atoms with Gasteiger partial charge in [0, 0.05) is 41.9 Å². The highest BCUT2D eigenvalue weighted by Crippen LogP contribution is 2.36. The first-order chi connectivity index (χ1) is 22.0. The van der Waals surface area contributed by atoms with E-state index >= 15 is 0 Å². The Kier molecular flexibility index (Phi) is 8.31. The van der Waals surface area contributed by atoms with E-state index in [4.69, 9.17) is 14.2 Å². The van der Waals surface area contributed by atoms with Crippen molar-refractivity contribution in [2.45, 2.75) is 6.54 Å². The Hall–Kier alpha value is -6.23. The molecular formula is C34H28N6O5. The summed E-state index contributed by atoms with van der Waals surface area (Å²) in [6.45, 7) is 0.308. The highest BCUT2D eigenvalue weighted by atomic mass is 16.5. The molecule has 0 saturated carbocycles. The summed E-state index contributed by atoms with van der Waals surface area (Å²) in [7, 11) is 3.12. The SMILES string of the molecule is COc1cc2nccc(Oc3ccc(NC(=O)c4c(Nc5ccncc5)ccn(Cc5ccccc5)c4=O)nc3)c2cc1OC. The molecule has 2 N–H and O–H groups in total. The normalized spacial score (nSPS) is 10.7. The van der Waals surface area contributed by atoms with Gasteiger partial charge in [0.05, 0.1) is 38.2 Å². The Morgan fingerprint density at radius 2 is 1.62 bits per heavy atom. The van der Waals surface area contributed by atoms with Crippen LogP contribution in [0.4, 0.5) is 17.2 Å². The molecule has 45 heavy (non-hydrogen) atoms. The highest BCUT2D eigenvalue weighted by molar-refractivity contribution is 6.07. The maximum absolute atomic E-state index is 13.7. The molecule has 0 aliphatic heterocycles. The number of anilines is 3. The Morgan fingerprint density at radius 1 is 0.844 bits per heavy atom. The number of benzene rings is 2. The molecule has 224 valence electrons. The largest absolute Gasteiger partial charge is 0.493 e. The fraction of sp³-hybridized carbons (Fsp3) is 0.0882. The van der Waals surface area contributed by atoms with Crippen LogP contribution in [0.3, 0.4) is 0 Å². The molecule has 2 aromatic carbocycles. The number of amides is 1. The molecule has 0 saturated heterocycles. The van der Waals surface area contributed by atoms with Gasteiger partial charge in [0.1, 0.15) is 22.9 Å². The Bertz CT molecular complexity index is 2020. The lowest BCUT2D eigenvalue weighted by Crippen LogP contribution is -2.30. The molecule has 0 aliphatic rings. The average molecular weight is 601 g/mol. The molecule has 0 radical (unpaired) electrons. The van der Waals surface area contributed by atoms with Gasteiger partial charge in [0.25, 0.3) is 11.5 Å². The van der Waals surface area contributed by atoms with Gasteiger partial charge < -0.3 is 29.4 Å². The van der Waals surface area contributed by atoms with Gasteiger partial charge >= 0.3 is 0 Å². The van der Waals surface area contributed by atoms with Gasteiger partial charge in [-0.3, -0.25) is 19.6 Å². The van der Waals surface area contributed by atoms with E-state index in [1.165, 1.54) is 10.8 Å². The molecule has 1 amide bonds. The first-order valence-corrected chi connectivity index (χ1v) is 13.9. The average Bonchev–Trinajstić information content (AvgIpc) is 3.07. The molecule has 0 atom stereocenters. The van der Waals surface area contributed by atoms with E-state index in [0.717, 1.165) is 10.9 Å². The lowest BCUT2D eigenvalue weighted by molar-refractivity contribution is 0.102. The second-order valence-electron chi connectivity index (χ2n) is 9.85. The summed E-state index contributed by atoms with van der Waals surface area (Å²) in [5, 5.41) is 6.63. The van der Waals surface area contributed by atoms with E-state index in [1.54, 1.807) is 87.5 Å². The van der Waals surface area contributed by atoms with Crippen LogP contribution in [-0.2, 0) is 6.54 Å². The molecule has 0 unspecified atom stereocenters. The van der Waals surface area contributed by atoms with Gasteiger partial charge in [-0.2, -0.15) is 0 Å². The summed E-state index contributed by atoms with van der Waals surface area (Å²) in [4.78, 5) is 40.0. The van der Waals surface area contributed by atoms with Crippen molar-refractivity contribution in [2.75, 3.05) is 24.9 Å². The van der Waals surface area contributed by atoms with Crippen LogP contribution in [0.5, 0.6) is 23.0 Å². The van der Waals surface area contributed by atoms with Gasteiger partial charge in [0.15, 0.2) is 11.5 Å².